The summed E-state index contributed by atoms with van der Waals surface area (Å²) in [5, 5.41) is 2.49. The van der Waals surface area contributed by atoms with Gasteiger partial charge in [0, 0.05) is 13.0 Å². The Morgan fingerprint density at radius 1 is 1.50 bits per heavy atom. The number of carbonyl (C=O) groups is 1. The van der Waals surface area contributed by atoms with Crippen LogP contribution in [0.15, 0.2) is 0 Å². The first-order valence-corrected chi connectivity index (χ1v) is 5.28. The van der Waals surface area contributed by atoms with Crippen molar-refractivity contribution in [3.63, 3.8) is 0 Å². The third-order valence-electron chi connectivity index (χ3n) is 1.22. The van der Waals surface area contributed by atoms with E-state index in [1.54, 1.807) is 6.92 Å². The van der Waals surface area contributed by atoms with Gasteiger partial charge in [0.1, 0.15) is 0 Å². The van der Waals surface area contributed by atoms with E-state index in [0.717, 1.165) is 0 Å². The van der Waals surface area contributed by atoms with E-state index in [9.17, 15) is 13.2 Å². The van der Waals surface area contributed by atoms with Gasteiger partial charge in [-0.15, -0.1) is 0 Å². The van der Waals surface area contributed by atoms with E-state index in [0.29, 0.717) is 6.42 Å². The van der Waals surface area contributed by atoms with Crippen molar-refractivity contribution in [1.82, 2.24) is 5.32 Å². The van der Waals surface area contributed by atoms with Gasteiger partial charge in [-0.05, 0) is 6.42 Å². The molecule has 0 aliphatic heterocycles. The zero-order valence-electron chi connectivity index (χ0n) is 6.91. The Hall–Kier alpha value is -0.620. The van der Waals surface area contributed by atoms with Crippen molar-refractivity contribution < 1.29 is 17.8 Å². The summed E-state index contributed by atoms with van der Waals surface area (Å²) < 4.78 is 28.7. The molecule has 2 N–H and O–H groups in total. The van der Waals surface area contributed by atoms with Crippen LogP contribution in [0, 0.1) is 0 Å². The van der Waals surface area contributed by atoms with E-state index < -0.39 is 10.1 Å². The Labute approximate surface area is 71.9 Å². The van der Waals surface area contributed by atoms with Crippen molar-refractivity contribution in [1.29, 1.82) is 0 Å². The summed E-state index contributed by atoms with van der Waals surface area (Å²) in [7, 11) is -3.88. The average molecular weight is 195 g/mol. The van der Waals surface area contributed by atoms with Gasteiger partial charge in [-0.3, -0.25) is 9.35 Å². The maximum absolute atomic E-state index is 10.6. The van der Waals surface area contributed by atoms with E-state index in [-0.39, 0.29) is 24.6 Å². The summed E-state index contributed by atoms with van der Waals surface area (Å²) in [5.41, 5.74) is 0. The Morgan fingerprint density at radius 2 is 2.08 bits per heavy atom. The smallest absolute Gasteiger partial charge is 0.264 e. The number of hydrogen-bond donors (Lipinski definition) is 2. The Bertz CT molecular complexity index is 234. The normalized spacial score (nSPS) is 11.2. The van der Waals surface area contributed by atoms with Crippen molar-refractivity contribution >= 4 is 16.0 Å². The molecule has 0 spiro atoms. The number of carbonyl (C=O) groups excluding carboxylic acids is 1. The molecule has 0 unspecified atom stereocenters. The van der Waals surface area contributed by atoms with Gasteiger partial charge in [-0.25, -0.2) is 0 Å². The molecule has 1 amide bonds. The topological polar surface area (TPSA) is 83.5 Å². The lowest BCUT2D eigenvalue weighted by Gasteiger charge is -2.00. The van der Waals surface area contributed by atoms with E-state index in [4.69, 9.17) is 4.55 Å². The van der Waals surface area contributed by atoms with Gasteiger partial charge in [0.15, 0.2) is 0 Å². The molecule has 0 rings (SSSR count). The molecule has 0 aromatic heterocycles. The molecule has 0 aromatic rings. The summed E-state index contributed by atoms with van der Waals surface area (Å²) in [4.78, 5) is 10.6. The van der Waals surface area contributed by atoms with Crippen LogP contribution in [0.4, 0.5) is 0 Å². The predicted molar refractivity (Wildman–Crippen MR) is 44.3 cm³/mol. The van der Waals surface area contributed by atoms with Crippen LogP contribution in [0.1, 0.15) is 19.8 Å². The molecular formula is C6H13NO4S. The van der Waals surface area contributed by atoms with Crippen molar-refractivity contribution in [3.8, 4) is 0 Å². The first kappa shape index (κ1) is 11.4. The van der Waals surface area contributed by atoms with Crippen LogP contribution in [0.25, 0.3) is 0 Å². The van der Waals surface area contributed by atoms with Gasteiger partial charge in [0.25, 0.3) is 10.1 Å². The van der Waals surface area contributed by atoms with Crippen molar-refractivity contribution in [3.05, 3.63) is 0 Å². The molecule has 0 fully saturated rings. The van der Waals surface area contributed by atoms with E-state index >= 15 is 0 Å². The fourth-order valence-electron chi connectivity index (χ4n) is 0.607. The van der Waals surface area contributed by atoms with Gasteiger partial charge in [-0.2, -0.15) is 8.42 Å². The molecule has 0 saturated carbocycles. The highest BCUT2D eigenvalue weighted by molar-refractivity contribution is 7.85. The van der Waals surface area contributed by atoms with Crippen molar-refractivity contribution in [2.45, 2.75) is 19.8 Å². The molecule has 5 nitrogen and oxygen atoms in total. The number of amides is 1. The van der Waals surface area contributed by atoms with E-state index in [1.165, 1.54) is 0 Å². The zero-order valence-corrected chi connectivity index (χ0v) is 7.73. The second kappa shape index (κ2) is 5.10. The van der Waals surface area contributed by atoms with Crippen molar-refractivity contribution in [2.75, 3.05) is 12.3 Å². The summed E-state index contributed by atoms with van der Waals surface area (Å²) in [5.74, 6) is -0.429. The largest absolute Gasteiger partial charge is 0.356 e. The first-order chi connectivity index (χ1) is 5.45. The third-order valence-corrected chi connectivity index (χ3v) is 2.03. The lowest BCUT2D eigenvalue weighted by Crippen LogP contribution is -2.24. The second-order valence-corrected chi connectivity index (χ2v) is 3.92. The lowest BCUT2D eigenvalue weighted by atomic mass is 10.4. The van der Waals surface area contributed by atoms with Crippen molar-refractivity contribution in [2.24, 2.45) is 0 Å². The highest BCUT2D eigenvalue weighted by Crippen LogP contribution is 1.86. The quantitative estimate of drug-likeness (QED) is 0.469. The van der Waals surface area contributed by atoms with Crippen LogP contribution < -0.4 is 5.32 Å². The van der Waals surface area contributed by atoms with Gasteiger partial charge in [0.05, 0.1) is 5.75 Å². The average Bonchev–Trinajstić information content (AvgIpc) is 1.96. The van der Waals surface area contributed by atoms with Gasteiger partial charge < -0.3 is 5.32 Å². The summed E-state index contributed by atoms with van der Waals surface area (Å²) >= 11 is 0. The Kier molecular flexibility index (Phi) is 4.84. The maximum Gasteiger partial charge on any atom is 0.264 e. The van der Waals surface area contributed by atoms with Crippen LogP contribution in [0.5, 0.6) is 0 Å². The molecule has 6 heteroatoms. The van der Waals surface area contributed by atoms with Gasteiger partial charge in [-0.1, -0.05) is 6.92 Å². The molecule has 0 bridgehead atoms. The van der Waals surface area contributed by atoms with Gasteiger partial charge >= 0.3 is 0 Å². The maximum atomic E-state index is 10.6. The van der Waals surface area contributed by atoms with E-state index in [2.05, 4.69) is 5.32 Å². The molecule has 0 saturated heterocycles. The molecule has 0 atom stereocenters. The monoisotopic (exact) mass is 195 g/mol. The minimum atomic E-state index is -3.88. The molecule has 0 aromatic carbocycles. The summed E-state index contributed by atoms with van der Waals surface area (Å²) in [6, 6.07) is 0. The molecule has 72 valence electrons. The highest BCUT2D eigenvalue weighted by Gasteiger charge is 2.03. The summed E-state index contributed by atoms with van der Waals surface area (Å²) in [6.07, 6.45) is 0.621. The zero-order chi connectivity index (χ0) is 9.61. The minimum Gasteiger partial charge on any atom is -0.356 e. The van der Waals surface area contributed by atoms with Crippen LogP contribution in [-0.2, 0) is 14.9 Å². The second-order valence-electron chi connectivity index (χ2n) is 2.34. The van der Waals surface area contributed by atoms with E-state index in [1.807, 2.05) is 0 Å². The predicted octanol–water partition coefficient (Wildman–Crippen LogP) is -0.209. The van der Waals surface area contributed by atoms with Crippen LogP contribution in [0.2, 0.25) is 0 Å². The SMILES string of the molecule is CCC(=O)NCCCS(=O)(=O)O. The molecule has 0 aliphatic carbocycles. The number of hydrogen-bond acceptors (Lipinski definition) is 3. The van der Waals surface area contributed by atoms with Crippen LogP contribution >= 0.6 is 0 Å². The number of nitrogens with one attached hydrogen (secondary N) is 1. The number of rotatable bonds is 5. The fourth-order valence-corrected chi connectivity index (χ4v) is 1.12. The standard InChI is InChI=1S/C6H13NO4S/c1-2-6(8)7-4-3-5-12(9,10)11/h2-5H2,1H3,(H,7,8)(H,9,10,11). The fraction of sp³-hybridized carbons (Fsp3) is 0.833. The molecular weight excluding hydrogens is 182 g/mol. The van der Waals surface area contributed by atoms with Crippen LogP contribution in [0.3, 0.4) is 0 Å². The molecule has 0 heterocycles. The minimum absolute atomic E-state index is 0.120. The molecule has 0 radical (unpaired) electrons. The van der Waals surface area contributed by atoms with Gasteiger partial charge in [0.2, 0.25) is 5.91 Å². The summed E-state index contributed by atoms with van der Waals surface area (Å²) in [6.45, 7) is 1.99. The first-order valence-electron chi connectivity index (χ1n) is 3.67. The highest BCUT2D eigenvalue weighted by atomic mass is 32.2. The Morgan fingerprint density at radius 3 is 2.50 bits per heavy atom. The molecule has 12 heavy (non-hydrogen) atoms. The van der Waals surface area contributed by atoms with Crippen LogP contribution in [-0.4, -0.2) is 31.2 Å². The third kappa shape index (κ3) is 7.49. The molecule has 0 aliphatic rings. The lowest BCUT2D eigenvalue weighted by molar-refractivity contribution is -0.120. The Balaban J connectivity index is 3.40.